The van der Waals surface area contributed by atoms with Gasteiger partial charge in [0.05, 0.1) is 20.9 Å². The molecule has 0 atom stereocenters. The lowest BCUT2D eigenvalue weighted by Gasteiger charge is -2.32. The molecule has 1 fully saturated rings. The molecule has 0 bridgehead atoms. The zero-order chi connectivity index (χ0) is 21.5. The molecule has 1 aliphatic rings. The largest absolute Gasteiger partial charge is 0.336 e. The average molecular weight is 428 g/mol. The molecule has 0 N–H and O–H groups in total. The van der Waals surface area contributed by atoms with Crippen LogP contribution in [0.25, 0.3) is 10.9 Å². The monoisotopic (exact) mass is 428 g/mol. The third kappa shape index (κ3) is 3.44. The van der Waals surface area contributed by atoms with Crippen LogP contribution in [0.2, 0.25) is 0 Å². The highest BCUT2D eigenvalue weighted by Crippen LogP contribution is 2.30. The predicted molar refractivity (Wildman–Crippen MR) is 111 cm³/mol. The zero-order valence-electron chi connectivity index (χ0n) is 16.3. The van der Waals surface area contributed by atoms with Gasteiger partial charge in [-0.15, -0.1) is 0 Å². The van der Waals surface area contributed by atoms with Crippen LogP contribution >= 0.6 is 0 Å². The fourth-order valence-corrected chi connectivity index (χ4v) is 4.95. The fourth-order valence-electron chi connectivity index (χ4n) is 3.56. The Balaban J connectivity index is 1.89. The van der Waals surface area contributed by atoms with Crippen molar-refractivity contribution >= 4 is 32.5 Å². The molecule has 2 aromatic carbocycles. The van der Waals surface area contributed by atoms with E-state index in [4.69, 9.17) is 0 Å². The molecule has 0 saturated carbocycles. The molecule has 1 saturated heterocycles. The number of hydrogen-bond acceptors (Lipinski definition) is 6. The summed E-state index contributed by atoms with van der Waals surface area (Å²) >= 11 is 0. The van der Waals surface area contributed by atoms with Crippen molar-refractivity contribution in [3.05, 3.63) is 70.4 Å². The van der Waals surface area contributed by atoms with E-state index < -0.39 is 14.9 Å². The second-order valence-corrected chi connectivity index (χ2v) is 9.03. The van der Waals surface area contributed by atoms with Gasteiger partial charge in [-0.1, -0.05) is 18.2 Å². The van der Waals surface area contributed by atoms with Crippen molar-refractivity contribution in [1.29, 1.82) is 0 Å². The van der Waals surface area contributed by atoms with E-state index in [1.54, 1.807) is 23.1 Å². The van der Waals surface area contributed by atoms with Crippen LogP contribution in [0.4, 0.5) is 5.69 Å². The maximum atomic E-state index is 13.2. The highest BCUT2D eigenvalue weighted by Gasteiger charge is 2.28. The Morgan fingerprint density at radius 1 is 1.03 bits per heavy atom. The maximum absolute atomic E-state index is 13.2. The van der Waals surface area contributed by atoms with Crippen molar-refractivity contribution < 1.29 is 18.1 Å². The number of amides is 1. The second-order valence-electron chi connectivity index (χ2n) is 7.21. The molecule has 0 radical (unpaired) electrons. The van der Waals surface area contributed by atoms with E-state index in [0.29, 0.717) is 26.2 Å². The van der Waals surface area contributed by atoms with Crippen LogP contribution in [0.3, 0.4) is 0 Å². The van der Waals surface area contributed by atoms with Gasteiger partial charge in [0.15, 0.2) is 0 Å². The Bertz CT molecular complexity index is 1230. The summed E-state index contributed by atoms with van der Waals surface area (Å²) in [4.78, 5) is 27.7. The van der Waals surface area contributed by atoms with Gasteiger partial charge in [0.1, 0.15) is 0 Å². The number of aromatic nitrogens is 1. The van der Waals surface area contributed by atoms with Crippen molar-refractivity contribution in [3.8, 4) is 0 Å². The minimum absolute atomic E-state index is 0.0684. The Kier molecular flexibility index (Phi) is 5.04. The number of piperazine rings is 1. The lowest BCUT2D eigenvalue weighted by atomic mass is 10.1. The minimum Gasteiger partial charge on any atom is -0.336 e. The summed E-state index contributed by atoms with van der Waals surface area (Å²) in [7, 11) is -2.02. The molecule has 30 heavy (non-hydrogen) atoms. The van der Waals surface area contributed by atoms with Crippen LogP contribution in [0.5, 0.6) is 0 Å². The van der Waals surface area contributed by atoms with E-state index in [2.05, 4.69) is 4.90 Å². The molecule has 1 amide bonds. The van der Waals surface area contributed by atoms with Crippen molar-refractivity contribution in [2.45, 2.75) is 4.90 Å². The van der Waals surface area contributed by atoms with Gasteiger partial charge in [-0.2, -0.15) is 0 Å². The smallest absolute Gasteiger partial charge is 0.270 e. The van der Waals surface area contributed by atoms with Crippen molar-refractivity contribution in [3.63, 3.8) is 0 Å². The summed E-state index contributed by atoms with van der Waals surface area (Å²) in [6.07, 6.45) is 1.28. The van der Waals surface area contributed by atoms with Crippen LogP contribution in [0, 0.1) is 10.1 Å². The van der Waals surface area contributed by atoms with Crippen molar-refractivity contribution in [1.82, 2.24) is 13.8 Å². The molecule has 3 aromatic rings. The molecular formula is C20H20N4O5S. The van der Waals surface area contributed by atoms with Crippen molar-refractivity contribution in [2.24, 2.45) is 0 Å². The first-order valence-corrected chi connectivity index (χ1v) is 10.8. The number of rotatable bonds is 4. The predicted octanol–water partition coefficient (Wildman–Crippen LogP) is 2.17. The van der Waals surface area contributed by atoms with Gasteiger partial charge in [-0.05, 0) is 25.2 Å². The highest BCUT2D eigenvalue weighted by molar-refractivity contribution is 7.90. The molecule has 2 heterocycles. The number of nitro benzene ring substituents is 1. The topological polar surface area (TPSA) is 106 Å². The summed E-state index contributed by atoms with van der Waals surface area (Å²) in [5, 5.41) is 11.5. The Morgan fingerprint density at radius 3 is 2.33 bits per heavy atom. The first kappa shape index (κ1) is 20.0. The fraction of sp³-hybridized carbons (Fsp3) is 0.250. The molecule has 10 heteroatoms. The van der Waals surface area contributed by atoms with E-state index in [-0.39, 0.29) is 33.0 Å². The lowest BCUT2D eigenvalue weighted by molar-refractivity contribution is -0.384. The Morgan fingerprint density at radius 2 is 1.70 bits per heavy atom. The molecule has 0 unspecified atom stereocenters. The summed E-state index contributed by atoms with van der Waals surface area (Å²) < 4.78 is 27.5. The van der Waals surface area contributed by atoms with Gasteiger partial charge in [0, 0.05) is 49.9 Å². The molecule has 9 nitrogen and oxygen atoms in total. The van der Waals surface area contributed by atoms with Gasteiger partial charge in [0.25, 0.3) is 21.6 Å². The summed E-state index contributed by atoms with van der Waals surface area (Å²) in [6.45, 7) is 2.41. The zero-order valence-corrected chi connectivity index (χ0v) is 17.1. The Labute approximate surface area is 173 Å². The summed E-state index contributed by atoms with van der Waals surface area (Å²) in [5.41, 5.74) is 0.157. The molecule has 156 valence electrons. The van der Waals surface area contributed by atoms with E-state index >= 15 is 0 Å². The van der Waals surface area contributed by atoms with Crippen LogP contribution in [0.1, 0.15) is 10.4 Å². The standard InChI is InChI=1S/C20H20N4O5S/c1-21-9-11-22(12-10-21)20(25)18-14-23(30(28,29)16-5-3-2-4-6-16)19-8-7-15(24(26)27)13-17(18)19/h2-8,13-14H,9-12H2,1H3. The second kappa shape index (κ2) is 7.54. The maximum Gasteiger partial charge on any atom is 0.270 e. The van der Waals surface area contributed by atoms with Crippen LogP contribution < -0.4 is 0 Å². The quantitative estimate of drug-likeness (QED) is 0.466. The molecule has 1 aromatic heterocycles. The number of fused-ring (bicyclic) bond motifs is 1. The molecular weight excluding hydrogens is 408 g/mol. The van der Waals surface area contributed by atoms with Gasteiger partial charge in [-0.3, -0.25) is 14.9 Å². The highest BCUT2D eigenvalue weighted by atomic mass is 32.2. The van der Waals surface area contributed by atoms with Gasteiger partial charge in [0.2, 0.25) is 0 Å². The average Bonchev–Trinajstić information content (AvgIpc) is 3.14. The van der Waals surface area contributed by atoms with Crippen molar-refractivity contribution in [2.75, 3.05) is 33.2 Å². The molecule has 0 aliphatic carbocycles. The van der Waals surface area contributed by atoms with Gasteiger partial charge < -0.3 is 9.80 Å². The summed E-state index contributed by atoms with van der Waals surface area (Å²) in [6, 6.07) is 11.7. The Hall–Kier alpha value is -3.24. The first-order chi connectivity index (χ1) is 14.3. The minimum atomic E-state index is -3.98. The SMILES string of the molecule is CN1CCN(C(=O)c2cn(S(=O)(=O)c3ccccc3)c3ccc([N+](=O)[O-])cc23)CC1. The van der Waals surface area contributed by atoms with Gasteiger partial charge >= 0.3 is 0 Å². The summed E-state index contributed by atoms with van der Waals surface area (Å²) in [5.74, 6) is -0.337. The van der Waals surface area contributed by atoms with Gasteiger partial charge in [-0.25, -0.2) is 12.4 Å². The van der Waals surface area contributed by atoms with E-state index in [0.717, 1.165) is 3.97 Å². The number of carbonyl (C=O) groups excluding carboxylic acids is 1. The third-order valence-electron chi connectivity index (χ3n) is 5.29. The number of nitro groups is 1. The number of hydrogen-bond donors (Lipinski definition) is 0. The van der Waals surface area contributed by atoms with Crippen LogP contribution in [0.15, 0.2) is 59.6 Å². The normalized spacial score (nSPS) is 15.4. The van der Waals surface area contributed by atoms with E-state index in [1.165, 1.54) is 36.5 Å². The molecule has 4 rings (SSSR count). The van der Waals surface area contributed by atoms with E-state index in [9.17, 15) is 23.3 Å². The molecule has 0 spiro atoms. The number of benzene rings is 2. The molecule has 1 aliphatic heterocycles. The lowest BCUT2D eigenvalue weighted by Crippen LogP contribution is -2.47. The number of likely N-dealkylation sites (N-methyl/N-ethyl adjacent to an activating group) is 1. The first-order valence-electron chi connectivity index (χ1n) is 9.37. The third-order valence-corrected chi connectivity index (χ3v) is 6.97. The number of carbonyl (C=O) groups is 1. The van der Waals surface area contributed by atoms with Crippen LogP contribution in [-0.2, 0) is 10.0 Å². The number of non-ortho nitro benzene ring substituents is 1. The van der Waals surface area contributed by atoms with Crippen LogP contribution in [-0.4, -0.2) is 66.2 Å². The van der Waals surface area contributed by atoms with E-state index in [1.807, 2.05) is 7.05 Å². The number of nitrogens with zero attached hydrogens (tertiary/aromatic N) is 4.